The van der Waals surface area contributed by atoms with Gasteiger partial charge in [-0.25, -0.2) is 0 Å². The molecule has 4 fully saturated rings. The largest absolute Gasteiger partial charge is 0.0617 e. The number of hydrogen-bond donors (Lipinski definition) is 0. The van der Waals surface area contributed by atoms with Crippen molar-refractivity contribution < 1.29 is 0 Å². The van der Waals surface area contributed by atoms with Crippen LogP contribution in [0.2, 0.25) is 0 Å². The van der Waals surface area contributed by atoms with Gasteiger partial charge in [0, 0.05) is 0 Å². The third-order valence-corrected chi connectivity index (χ3v) is 12.1. The Hall–Kier alpha value is 0. The third-order valence-electron chi connectivity index (χ3n) is 12.1. The second-order valence-corrected chi connectivity index (χ2v) is 10.7. The Morgan fingerprint density at radius 1 is 0.600 bits per heavy atom. The van der Waals surface area contributed by atoms with Crippen LogP contribution in [0.25, 0.3) is 0 Å². The van der Waals surface area contributed by atoms with E-state index in [0.717, 1.165) is 11.8 Å². The summed E-state index contributed by atoms with van der Waals surface area (Å²) in [6, 6.07) is 0. The number of rotatable bonds is 0. The van der Waals surface area contributed by atoms with Crippen LogP contribution in [0.4, 0.5) is 0 Å². The van der Waals surface area contributed by atoms with Gasteiger partial charge in [0.1, 0.15) is 0 Å². The first-order chi connectivity index (χ1) is 8.77. The van der Waals surface area contributed by atoms with Gasteiger partial charge in [0.2, 0.25) is 0 Å². The predicted molar refractivity (Wildman–Crippen MR) is 85.4 cm³/mol. The van der Waals surface area contributed by atoms with Gasteiger partial charge in [0.25, 0.3) is 0 Å². The molecule has 0 nitrogen and oxygen atoms in total. The van der Waals surface area contributed by atoms with E-state index in [-0.39, 0.29) is 0 Å². The van der Waals surface area contributed by atoms with Crippen molar-refractivity contribution in [2.75, 3.05) is 0 Å². The molecule has 0 aromatic carbocycles. The molecule has 20 heavy (non-hydrogen) atoms. The van der Waals surface area contributed by atoms with Crippen molar-refractivity contribution in [3.8, 4) is 0 Å². The maximum absolute atomic E-state index is 2.67. The van der Waals surface area contributed by atoms with Crippen LogP contribution in [0.3, 0.4) is 0 Å². The molecule has 8 unspecified atom stereocenters. The van der Waals surface area contributed by atoms with Gasteiger partial charge < -0.3 is 0 Å². The van der Waals surface area contributed by atoms with Crippen LogP contribution in [0, 0.1) is 49.7 Å². The molecule has 0 heteroatoms. The molecule has 0 spiro atoms. The zero-order chi connectivity index (χ0) is 15.4. The molecule has 8 atom stereocenters. The lowest BCUT2D eigenvalue weighted by molar-refractivity contribution is -0.617. The zero-order valence-electron chi connectivity index (χ0n) is 15.4. The van der Waals surface area contributed by atoms with Crippen LogP contribution in [0.5, 0.6) is 0 Å². The maximum atomic E-state index is 2.67. The highest BCUT2D eigenvalue weighted by molar-refractivity contribution is 5.51. The monoisotopic (exact) mass is 274 g/mol. The topological polar surface area (TPSA) is 0 Å². The Bertz CT molecular complexity index is 546. The molecule has 0 aromatic heterocycles. The van der Waals surface area contributed by atoms with Crippen LogP contribution in [0.1, 0.15) is 75.7 Å². The zero-order valence-corrected chi connectivity index (χ0v) is 15.4. The molecule has 0 saturated heterocycles. The summed E-state index contributed by atoms with van der Waals surface area (Å²) < 4.78 is 0. The minimum Gasteiger partial charge on any atom is -0.0617 e. The van der Waals surface area contributed by atoms with Gasteiger partial charge in [-0.15, -0.1) is 0 Å². The fraction of sp³-hybridized carbons (Fsp3) is 1.00. The summed E-state index contributed by atoms with van der Waals surface area (Å²) in [5.74, 6) is 1.76. The van der Waals surface area contributed by atoms with Crippen LogP contribution < -0.4 is 0 Å². The molecule has 4 rings (SSSR count). The molecule has 0 aromatic rings. The Labute approximate surface area is 126 Å². The molecule has 4 aliphatic carbocycles. The van der Waals surface area contributed by atoms with Gasteiger partial charge in [-0.2, -0.15) is 0 Å². The van der Waals surface area contributed by atoms with Crippen LogP contribution in [0.15, 0.2) is 0 Å². The van der Waals surface area contributed by atoms with Gasteiger partial charge in [-0.3, -0.25) is 0 Å². The maximum Gasteiger partial charge on any atom is -0.0135 e. The normalized spacial score (nSPS) is 75.9. The molecular weight excluding hydrogens is 240 g/mol. The minimum absolute atomic E-state index is 0.513. The Morgan fingerprint density at radius 2 is 1.00 bits per heavy atom. The van der Waals surface area contributed by atoms with E-state index in [4.69, 9.17) is 0 Å². The highest BCUT2D eigenvalue weighted by atomic mass is 15.1. The van der Waals surface area contributed by atoms with Crippen LogP contribution in [-0.2, 0) is 0 Å². The summed E-state index contributed by atoms with van der Waals surface area (Å²) in [5, 5.41) is 0. The molecule has 0 amide bonds. The van der Waals surface area contributed by atoms with E-state index in [1.54, 1.807) is 0 Å². The summed E-state index contributed by atoms with van der Waals surface area (Å²) in [6.45, 7) is 26.0. The highest BCUT2D eigenvalue weighted by Gasteiger charge is 3.05. The molecule has 0 aliphatic heterocycles. The minimum atomic E-state index is 0.513. The second kappa shape index (κ2) is 2.56. The van der Waals surface area contributed by atoms with Crippen LogP contribution in [-0.4, -0.2) is 0 Å². The van der Waals surface area contributed by atoms with Gasteiger partial charge in [-0.1, -0.05) is 69.2 Å². The molecule has 0 heterocycles. The number of hydrogen-bond acceptors (Lipinski definition) is 0. The van der Waals surface area contributed by atoms with E-state index in [2.05, 4.69) is 69.2 Å². The van der Waals surface area contributed by atoms with Crippen molar-refractivity contribution in [1.82, 2.24) is 0 Å². The standard InChI is InChI=1S/C20H34/c1-12-13(2)17(7)16(12,6)19(9)15(5)11-14(3,4)18(15,8)20(17,19)10/h12-13H,11H2,1-10H3. The van der Waals surface area contributed by atoms with E-state index >= 15 is 0 Å². The van der Waals surface area contributed by atoms with Crippen molar-refractivity contribution in [3.05, 3.63) is 0 Å². The molecule has 4 aliphatic rings. The fourth-order valence-corrected chi connectivity index (χ4v) is 10.6. The smallest absolute Gasteiger partial charge is 0.0135 e. The molecule has 0 N–H and O–H groups in total. The average Bonchev–Trinajstić information content (AvgIpc) is 2.39. The molecule has 114 valence electrons. The molecule has 0 bridgehead atoms. The van der Waals surface area contributed by atoms with Crippen molar-refractivity contribution in [2.24, 2.45) is 49.7 Å². The predicted octanol–water partition coefficient (Wildman–Crippen LogP) is 5.77. The average molecular weight is 274 g/mol. The fourth-order valence-electron chi connectivity index (χ4n) is 10.6. The quantitative estimate of drug-likeness (QED) is 0.526. The van der Waals surface area contributed by atoms with Gasteiger partial charge >= 0.3 is 0 Å². The molecular formula is C20H34. The summed E-state index contributed by atoms with van der Waals surface area (Å²) >= 11 is 0. The van der Waals surface area contributed by atoms with E-state index < -0.39 is 0 Å². The Balaban J connectivity index is 1.97. The van der Waals surface area contributed by atoms with E-state index in [1.807, 2.05) is 0 Å². The SMILES string of the molecule is CC1C(C)C2(C)C1(C)C1(C)C3(C)CC(C)(C)C3(C)C21C. The van der Waals surface area contributed by atoms with Gasteiger partial charge in [-0.05, 0) is 56.2 Å². The summed E-state index contributed by atoms with van der Waals surface area (Å²) in [6.07, 6.45) is 1.43. The Kier molecular flexibility index (Phi) is 1.75. The lowest BCUT2D eigenvalue weighted by atomic mass is 8.95. The van der Waals surface area contributed by atoms with Gasteiger partial charge in [0.15, 0.2) is 0 Å². The van der Waals surface area contributed by atoms with Crippen molar-refractivity contribution in [2.45, 2.75) is 75.7 Å². The highest BCUT2D eigenvalue weighted by Crippen LogP contribution is 3.09. The van der Waals surface area contributed by atoms with Crippen molar-refractivity contribution in [1.29, 1.82) is 0 Å². The number of fused-ring (bicyclic) bond motifs is 7. The molecule has 0 radical (unpaired) electrons. The van der Waals surface area contributed by atoms with Crippen LogP contribution >= 0.6 is 0 Å². The Morgan fingerprint density at radius 3 is 1.40 bits per heavy atom. The van der Waals surface area contributed by atoms with Crippen molar-refractivity contribution in [3.63, 3.8) is 0 Å². The van der Waals surface area contributed by atoms with E-state index in [0.29, 0.717) is 37.9 Å². The van der Waals surface area contributed by atoms with E-state index in [1.165, 1.54) is 6.42 Å². The summed E-state index contributed by atoms with van der Waals surface area (Å²) in [7, 11) is 0. The first-order valence-corrected chi connectivity index (χ1v) is 8.77. The lowest BCUT2D eigenvalue weighted by Crippen LogP contribution is -3.04. The second-order valence-electron chi connectivity index (χ2n) is 10.7. The molecule has 4 saturated carbocycles. The van der Waals surface area contributed by atoms with E-state index in [9.17, 15) is 0 Å². The third kappa shape index (κ3) is 0.589. The first-order valence-electron chi connectivity index (χ1n) is 8.77. The van der Waals surface area contributed by atoms with Crippen molar-refractivity contribution >= 4 is 0 Å². The lowest BCUT2D eigenvalue weighted by Gasteiger charge is -3.08. The summed E-state index contributed by atoms with van der Waals surface area (Å²) in [4.78, 5) is 0. The first kappa shape index (κ1) is 13.6. The summed E-state index contributed by atoms with van der Waals surface area (Å²) in [5.41, 5.74) is 3.74. The van der Waals surface area contributed by atoms with Gasteiger partial charge in [0.05, 0.1) is 0 Å².